The Bertz CT molecular complexity index is 517. The van der Waals surface area contributed by atoms with E-state index in [4.69, 9.17) is 0 Å². The van der Waals surface area contributed by atoms with Crippen LogP contribution in [0.2, 0.25) is 0 Å². The summed E-state index contributed by atoms with van der Waals surface area (Å²) >= 11 is 0. The molecule has 0 bridgehead atoms. The van der Waals surface area contributed by atoms with Crippen molar-refractivity contribution in [2.75, 3.05) is 0 Å². The van der Waals surface area contributed by atoms with Gasteiger partial charge >= 0.3 is 0 Å². The van der Waals surface area contributed by atoms with Crippen LogP contribution >= 0.6 is 0 Å². The van der Waals surface area contributed by atoms with Gasteiger partial charge in [0.05, 0.1) is 6.04 Å². The highest BCUT2D eigenvalue weighted by Gasteiger charge is 2.32. The second-order valence-corrected chi connectivity index (χ2v) is 4.20. The Hall–Kier alpha value is -1.90. The molecule has 16 heavy (non-hydrogen) atoms. The van der Waals surface area contributed by atoms with Crippen LogP contribution in [0.4, 0.5) is 0 Å². The van der Waals surface area contributed by atoms with Crippen LogP contribution in [0, 0.1) is 6.92 Å². The lowest BCUT2D eigenvalue weighted by molar-refractivity contribution is 0.0931. The molecule has 1 N–H and O–H groups in total. The summed E-state index contributed by atoms with van der Waals surface area (Å²) < 4.78 is 0. The van der Waals surface area contributed by atoms with E-state index in [2.05, 4.69) is 10.3 Å². The summed E-state index contributed by atoms with van der Waals surface area (Å²) in [6, 6.07) is 6.04. The topological polar surface area (TPSA) is 41.5 Å². The normalized spacial score (nSPS) is 25.9. The SMILES string of the molecule is Cc1cccc2c1C(=O)N[C@H]1C=CN=C[C@H]21. The van der Waals surface area contributed by atoms with Crippen LogP contribution in [-0.4, -0.2) is 18.2 Å². The van der Waals surface area contributed by atoms with Gasteiger partial charge in [-0.25, -0.2) is 0 Å². The first kappa shape index (κ1) is 9.33. The summed E-state index contributed by atoms with van der Waals surface area (Å²) in [5.74, 6) is 0.201. The minimum Gasteiger partial charge on any atom is -0.345 e. The van der Waals surface area contributed by atoms with Crippen molar-refractivity contribution in [1.82, 2.24) is 5.32 Å². The number of fused-ring (bicyclic) bond motifs is 3. The highest BCUT2D eigenvalue weighted by atomic mass is 16.1. The van der Waals surface area contributed by atoms with Gasteiger partial charge in [0.1, 0.15) is 0 Å². The van der Waals surface area contributed by atoms with E-state index in [-0.39, 0.29) is 17.9 Å². The molecule has 3 rings (SSSR count). The second-order valence-electron chi connectivity index (χ2n) is 4.20. The van der Waals surface area contributed by atoms with Crippen LogP contribution in [0.25, 0.3) is 0 Å². The summed E-state index contributed by atoms with van der Waals surface area (Å²) in [4.78, 5) is 16.1. The van der Waals surface area contributed by atoms with Crippen LogP contribution in [0.3, 0.4) is 0 Å². The molecule has 2 heterocycles. The monoisotopic (exact) mass is 212 g/mol. The number of carbonyl (C=O) groups is 1. The van der Waals surface area contributed by atoms with Crippen molar-refractivity contribution in [2.45, 2.75) is 18.9 Å². The van der Waals surface area contributed by atoms with E-state index in [0.717, 1.165) is 16.7 Å². The molecule has 0 fully saturated rings. The largest absolute Gasteiger partial charge is 0.345 e. The standard InChI is InChI=1S/C13H12N2O/c1-8-3-2-4-9-10-7-14-6-5-11(10)15-13(16)12(8)9/h2-7,10-11H,1H3,(H,15,16)/t10-,11+/m1/s1. The summed E-state index contributed by atoms with van der Waals surface area (Å²) in [5.41, 5.74) is 2.92. The molecule has 2 aliphatic rings. The molecule has 80 valence electrons. The Morgan fingerprint density at radius 2 is 2.25 bits per heavy atom. The van der Waals surface area contributed by atoms with Crippen LogP contribution in [0.15, 0.2) is 35.5 Å². The molecule has 3 heteroatoms. The molecular formula is C13H12N2O. The number of nitrogens with zero attached hydrogens (tertiary/aromatic N) is 1. The molecule has 0 unspecified atom stereocenters. The molecule has 1 aromatic carbocycles. The van der Waals surface area contributed by atoms with Gasteiger partial charge in [-0.2, -0.15) is 0 Å². The van der Waals surface area contributed by atoms with Gasteiger partial charge in [-0.05, 0) is 24.1 Å². The molecule has 0 radical (unpaired) electrons. The lowest BCUT2D eigenvalue weighted by Crippen LogP contribution is -2.44. The summed E-state index contributed by atoms with van der Waals surface area (Å²) in [6.45, 7) is 1.97. The van der Waals surface area contributed by atoms with Crippen molar-refractivity contribution >= 4 is 12.1 Å². The Labute approximate surface area is 93.9 Å². The Morgan fingerprint density at radius 1 is 1.38 bits per heavy atom. The maximum atomic E-state index is 12.0. The van der Waals surface area contributed by atoms with Crippen molar-refractivity contribution in [2.24, 2.45) is 4.99 Å². The quantitative estimate of drug-likeness (QED) is 0.699. The van der Waals surface area contributed by atoms with Crippen molar-refractivity contribution in [3.8, 4) is 0 Å². The minimum atomic E-state index is 0.0225. The number of carbonyl (C=O) groups excluding carboxylic acids is 1. The van der Waals surface area contributed by atoms with E-state index in [1.54, 1.807) is 6.20 Å². The average molecular weight is 212 g/mol. The lowest BCUT2D eigenvalue weighted by Gasteiger charge is -2.31. The van der Waals surface area contributed by atoms with Crippen molar-refractivity contribution in [3.63, 3.8) is 0 Å². The van der Waals surface area contributed by atoms with E-state index in [1.807, 2.05) is 37.4 Å². The van der Waals surface area contributed by atoms with Gasteiger partial charge in [0.25, 0.3) is 5.91 Å². The lowest BCUT2D eigenvalue weighted by atomic mass is 9.82. The van der Waals surface area contributed by atoms with Gasteiger partial charge in [-0.3, -0.25) is 9.79 Å². The molecule has 2 aliphatic heterocycles. The molecule has 0 aliphatic carbocycles. The maximum absolute atomic E-state index is 12.0. The van der Waals surface area contributed by atoms with Crippen LogP contribution in [0.1, 0.15) is 27.4 Å². The smallest absolute Gasteiger partial charge is 0.252 e. The van der Waals surface area contributed by atoms with E-state index in [9.17, 15) is 4.79 Å². The fourth-order valence-corrected chi connectivity index (χ4v) is 2.41. The minimum absolute atomic E-state index is 0.0225. The number of benzene rings is 1. The van der Waals surface area contributed by atoms with E-state index in [0.29, 0.717) is 0 Å². The number of hydrogen-bond acceptors (Lipinski definition) is 2. The van der Waals surface area contributed by atoms with Crippen molar-refractivity contribution < 1.29 is 4.79 Å². The molecular weight excluding hydrogens is 200 g/mol. The van der Waals surface area contributed by atoms with Crippen LogP contribution in [0.5, 0.6) is 0 Å². The third kappa shape index (κ3) is 1.21. The first-order chi connectivity index (χ1) is 7.77. The van der Waals surface area contributed by atoms with E-state index < -0.39 is 0 Å². The predicted molar refractivity (Wildman–Crippen MR) is 62.8 cm³/mol. The Kier molecular flexibility index (Phi) is 1.93. The molecule has 1 aromatic rings. The zero-order valence-corrected chi connectivity index (χ0v) is 8.97. The maximum Gasteiger partial charge on any atom is 0.252 e. The van der Waals surface area contributed by atoms with Gasteiger partial charge in [0, 0.05) is 23.9 Å². The fraction of sp³-hybridized carbons (Fsp3) is 0.231. The highest BCUT2D eigenvalue weighted by Crippen LogP contribution is 2.30. The van der Waals surface area contributed by atoms with Crippen molar-refractivity contribution in [1.29, 1.82) is 0 Å². The molecule has 2 atom stereocenters. The zero-order valence-electron chi connectivity index (χ0n) is 8.97. The summed E-state index contributed by atoms with van der Waals surface area (Å²) in [6.07, 6.45) is 5.58. The summed E-state index contributed by atoms with van der Waals surface area (Å²) in [7, 11) is 0. The Balaban J connectivity index is 2.20. The molecule has 0 aromatic heterocycles. The number of nitrogens with one attached hydrogen (secondary N) is 1. The highest BCUT2D eigenvalue weighted by molar-refractivity contribution is 6.01. The number of aliphatic imine (C=N–C) groups is 1. The molecule has 3 nitrogen and oxygen atoms in total. The fourth-order valence-electron chi connectivity index (χ4n) is 2.41. The zero-order chi connectivity index (χ0) is 11.1. The van der Waals surface area contributed by atoms with Gasteiger partial charge in [-0.1, -0.05) is 18.2 Å². The number of aryl methyl sites for hydroxylation is 1. The molecule has 0 spiro atoms. The first-order valence-electron chi connectivity index (χ1n) is 5.38. The van der Waals surface area contributed by atoms with Gasteiger partial charge < -0.3 is 5.32 Å². The van der Waals surface area contributed by atoms with Crippen LogP contribution < -0.4 is 5.32 Å². The molecule has 0 saturated heterocycles. The Morgan fingerprint density at radius 3 is 3.12 bits per heavy atom. The van der Waals surface area contributed by atoms with Crippen LogP contribution in [-0.2, 0) is 0 Å². The molecule has 1 amide bonds. The third-order valence-corrected chi connectivity index (χ3v) is 3.20. The third-order valence-electron chi connectivity index (χ3n) is 3.20. The second kappa shape index (κ2) is 3.30. The van der Waals surface area contributed by atoms with Gasteiger partial charge in [0.2, 0.25) is 0 Å². The number of hydrogen-bond donors (Lipinski definition) is 1. The predicted octanol–water partition coefficient (Wildman–Crippen LogP) is 1.79. The van der Waals surface area contributed by atoms with Crippen molar-refractivity contribution in [3.05, 3.63) is 47.2 Å². The van der Waals surface area contributed by atoms with Gasteiger partial charge in [-0.15, -0.1) is 0 Å². The summed E-state index contributed by atoms with van der Waals surface area (Å²) in [5, 5.41) is 3.00. The number of amides is 1. The van der Waals surface area contributed by atoms with Gasteiger partial charge in [0.15, 0.2) is 0 Å². The average Bonchev–Trinajstić information content (AvgIpc) is 2.29. The van der Waals surface area contributed by atoms with E-state index in [1.165, 1.54) is 0 Å². The molecule has 0 saturated carbocycles. The van der Waals surface area contributed by atoms with E-state index >= 15 is 0 Å². The first-order valence-corrected chi connectivity index (χ1v) is 5.38. The number of rotatable bonds is 0.